The van der Waals surface area contributed by atoms with Gasteiger partial charge in [-0.3, -0.25) is 4.79 Å². The molecule has 2 heterocycles. The van der Waals surface area contributed by atoms with E-state index in [9.17, 15) is 9.90 Å². The summed E-state index contributed by atoms with van der Waals surface area (Å²) in [6, 6.07) is 8.32. The van der Waals surface area contributed by atoms with Crippen LogP contribution in [0.3, 0.4) is 0 Å². The summed E-state index contributed by atoms with van der Waals surface area (Å²) >= 11 is 6.14. The Hall–Kier alpha value is -2.66. The summed E-state index contributed by atoms with van der Waals surface area (Å²) in [5.41, 5.74) is 1.22. The Balaban J connectivity index is 2.11. The van der Waals surface area contributed by atoms with Crippen molar-refractivity contribution >= 4 is 11.6 Å². The van der Waals surface area contributed by atoms with Crippen molar-refractivity contribution in [1.82, 2.24) is 14.5 Å². The van der Waals surface area contributed by atoms with Gasteiger partial charge in [-0.2, -0.15) is 0 Å². The molecule has 0 spiro atoms. The third-order valence-corrected chi connectivity index (χ3v) is 3.59. The first-order chi connectivity index (χ1) is 10.7. The van der Waals surface area contributed by atoms with E-state index in [0.29, 0.717) is 17.1 Å². The number of aromatic nitrogens is 3. The summed E-state index contributed by atoms with van der Waals surface area (Å²) in [5.74, 6) is -0.135. The maximum atomic E-state index is 12.1. The third-order valence-electron chi connectivity index (χ3n) is 3.26. The van der Waals surface area contributed by atoms with E-state index in [1.54, 1.807) is 41.2 Å². The van der Waals surface area contributed by atoms with Crippen LogP contribution >= 0.6 is 11.6 Å². The predicted octanol–water partition coefficient (Wildman–Crippen LogP) is 2.71. The quantitative estimate of drug-likeness (QED) is 0.807. The van der Waals surface area contributed by atoms with Crippen LogP contribution < -0.4 is 5.43 Å². The van der Waals surface area contributed by atoms with Gasteiger partial charge in [0.1, 0.15) is 6.33 Å². The van der Waals surface area contributed by atoms with Gasteiger partial charge in [0.05, 0.1) is 12.1 Å². The smallest absolute Gasteiger partial charge is 0.203 e. The average Bonchev–Trinajstić information content (AvgIpc) is 2.53. The third kappa shape index (κ3) is 2.71. The zero-order valence-electron chi connectivity index (χ0n) is 11.5. The molecular formula is C16H12ClN3O2. The van der Waals surface area contributed by atoms with Gasteiger partial charge >= 0.3 is 0 Å². The van der Waals surface area contributed by atoms with E-state index >= 15 is 0 Å². The monoisotopic (exact) mass is 313 g/mol. The second-order valence-electron chi connectivity index (χ2n) is 4.73. The Kier molecular flexibility index (Phi) is 3.89. The highest BCUT2D eigenvalue weighted by Crippen LogP contribution is 2.31. The van der Waals surface area contributed by atoms with Crippen molar-refractivity contribution < 1.29 is 5.11 Å². The fourth-order valence-electron chi connectivity index (χ4n) is 2.22. The highest BCUT2D eigenvalue weighted by atomic mass is 35.5. The van der Waals surface area contributed by atoms with E-state index in [-0.39, 0.29) is 16.9 Å². The molecule has 0 aliphatic carbocycles. The molecule has 0 unspecified atom stereocenters. The molecule has 3 aromatic rings. The molecule has 5 nitrogen and oxygen atoms in total. The van der Waals surface area contributed by atoms with Crippen LogP contribution in [-0.2, 0) is 6.54 Å². The first kappa shape index (κ1) is 14.3. The lowest BCUT2D eigenvalue weighted by Crippen LogP contribution is -2.11. The zero-order chi connectivity index (χ0) is 15.5. The number of nitrogens with zero attached hydrogens (tertiary/aromatic N) is 3. The van der Waals surface area contributed by atoms with Gasteiger partial charge < -0.3 is 9.67 Å². The second-order valence-corrected chi connectivity index (χ2v) is 5.14. The van der Waals surface area contributed by atoms with E-state index in [0.717, 1.165) is 5.56 Å². The van der Waals surface area contributed by atoms with Gasteiger partial charge in [-0.25, -0.2) is 9.97 Å². The molecule has 3 rings (SSSR count). The van der Waals surface area contributed by atoms with Gasteiger partial charge in [0.25, 0.3) is 0 Å². The lowest BCUT2D eigenvalue weighted by Gasteiger charge is -2.13. The first-order valence-electron chi connectivity index (χ1n) is 6.58. The summed E-state index contributed by atoms with van der Waals surface area (Å²) in [6.07, 6.45) is 6.27. The van der Waals surface area contributed by atoms with Gasteiger partial charge in [-0.05, 0) is 6.07 Å². The Bertz CT molecular complexity index is 863. The second kappa shape index (κ2) is 5.99. The molecule has 0 aliphatic rings. The van der Waals surface area contributed by atoms with Crippen LogP contribution in [0.2, 0.25) is 5.02 Å². The van der Waals surface area contributed by atoms with Gasteiger partial charge in [-0.15, -0.1) is 0 Å². The standard InChI is InChI=1S/C16H12ClN3O2/c17-13-4-2-1-3-12(13)15-14(21)5-6-20(16(15)22)9-11-7-18-10-19-8-11/h1-8,10,22H,9H2. The van der Waals surface area contributed by atoms with Crippen LogP contribution in [0.5, 0.6) is 5.88 Å². The van der Waals surface area contributed by atoms with Crippen molar-refractivity contribution in [1.29, 1.82) is 0 Å². The van der Waals surface area contributed by atoms with Crippen LogP contribution in [-0.4, -0.2) is 19.6 Å². The molecule has 0 aliphatic heterocycles. The zero-order valence-corrected chi connectivity index (χ0v) is 12.2. The molecule has 6 heteroatoms. The van der Waals surface area contributed by atoms with Crippen LogP contribution in [0, 0.1) is 0 Å². The molecular weight excluding hydrogens is 302 g/mol. The number of aromatic hydroxyl groups is 1. The Morgan fingerprint density at radius 1 is 1.14 bits per heavy atom. The summed E-state index contributed by atoms with van der Waals surface area (Å²) in [4.78, 5) is 20.0. The van der Waals surface area contributed by atoms with E-state index < -0.39 is 0 Å². The van der Waals surface area contributed by atoms with Gasteiger partial charge in [0.2, 0.25) is 5.88 Å². The molecule has 0 saturated heterocycles. The summed E-state index contributed by atoms with van der Waals surface area (Å²) < 4.78 is 1.55. The highest BCUT2D eigenvalue weighted by molar-refractivity contribution is 6.33. The normalized spacial score (nSPS) is 10.6. The molecule has 0 bridgehead atoms. The van der Waals surface area contributed by atoms with Crippen molar-refractivity contribution in [2.75, 3.05) is 0 Å². The van der Waals surface area contributed by atoms with Crippen molar-refractivity contribution in [2.24, 2.45) is 0 Å². The summed E-state index contributed by atoms with van der Waals surface area (Å²) in [6.45, 7) is 0.352. The fraction of sp³-hybridized carbons (Fsp3) is 0.0625. The number of hydrogen-bond acceptors (Lipinski definition) is 4. The van der Waals surface area contributed by atoms with Crippen LogP contribution in [0.4, 0.5) is 0 Å². The lowest BCUT2D eigenvalue weighted by atomic mass is 10.1. The molecule has 0 saturated carbocycles. The average molecular weight is 314 g/mol. The number of benzene rings is 1. The topological polar surface area (TPSA) is 68.0 Å². The number of pyridine rings is 1. The predicted molar refractivity (Wildman–Crippen MR) is 83.9 cm³/mol. The molecule has 0 amide bonds. The van der Waals surface area contributed by atoms with E-state index in [4.69, 9.17) is 11.6 Å². The maximum absolute atomic E-state index is 12.1. The van der Waals surface area contributed by atoms with Crippen molar-refractivity contribution in [2.45, 2.75) is 6.54 Å². The summed E-state index contributed by atoms with van der Waals surface area (Å²) in [7, 11) is 0. The van der Waals surface area contributed by atoms with E-state index in [1.807, 2.05) is 0 Å². The van der Waals surface area contributed by atoms with E-state index in [2.05, 4.69) is 9.97 Å². The molecule has 1 N–H and O–H groups in total. The van der Waals surface area contributed by atoms with Crippen LogP contribution in [0.1, 0.15) is 5.56 Å². The SMILES string of the molecule is O=c1ccn(Cc2cncnc2)c(O)c1-c1ccccc1Cl. The molecule has 0 radical (unpaired) electrons. The lowest BCUT2D eigenvalue weighted by molar-refractivity contribution is 0.420. The van der Waals surface area contributed by atoms with Crippen molar-refractivity contribution in [3.05, 3.63) is 76.1 Å². The minimum atomic E-state index is -0.286. The molecule has 22 heavy (non-hydrogen) atoms. The molecule has 1 aromatic carbocycles. The number of rotatable bonds is 3. The Morgan fingerprint density at radius 3 is 2.59 bits per heavy atom. The maximum Gasteiger partial charge on any atom is 0.203 e. The minimum Gasteiger partial charge on any atom is -0.494 e. The number of halogens is 1. The van der Waals surface area contributed by atoms with E-state index in [1.165, 1.54) is 18.6 Å². The van der Waals surface area contributed by atoms with Gasteiger partial charge in [-0.1, -0.05) is 29.8 Å². The van der Waals surface area contributed by atoms with Crippen molar-refractivity contribution in [3.8, 4) is 17.0 Å². The Labute approximate surface area is 131 Å². The number of hydrogen-bond donors (Lipinski definition) is 1. The Morgan fingerprint density at radius 2 is 1.86 bits per heavy atom. The molecule has 110 valence electrons. The first-order valence-corrected chi connectivity index (χ1v) is 6.96. The minimum absolute atomic E-state index is 0.135. The van der Waals surface area contributed by atoms with Gasteiger partial charge in [0.15, 0.2) is 5.43 Å². The van der Waals surface area contributed by atoms with Gasteiger partial charge in [0, 0.05) is 40.8 Å². The molecule has 0 fully saturated rings. The molecule has 2 aromatic heterocycles. The highest BCUT2D eigenvalue weighted by Gasteiger charge is 2.15. The largest absolute Gasteiger partial charge is 0.494 e. The fourth-order valence-corrected chi connectivity index (χ4v) is 2.45. The van der Waals surface area contributed by atoms with Crippen LogP contribution in [0.15, 0.2) is 60.0 Å². The van der Waals surface area contributed by atoms with Crippen LogP contribution in [0.25, 0.3) is 11.1 Å². The van der Waals surface area contributed by atoms with Crippen molar-refractivity contribution in [3.63, 3.8) is 0 Å². The molecule has 0 atom stereocenters. The summed E-state index contributed by atoms with van der Waals surface area (Å²) in [5, 5.41) is 10.9.